The first-order valence-corrected chi connectivity index (χ1v) is 4.86. The van der Waals surface area contributed by atoms with Crippen molar-refractivity contribution < 1.29 is 23.8 Å². The van der Waals surface area contributed by atoms with Crippen molar-refractivity contribution in [1.29, 1.82) is 0 Å². The van der Waals surface area contributed by atoms with Crippen molar-refractivity contribution in [2.45, 2.75) is 13.0 Å². The van der Waals surface area contributed by atoms with Gasteiger partial charge in [0.1, 0.15) is 12.4 Å². The lowest BCUT2D eigenvalue weighted by Gasteiger charge is -2.26. The molecule has 0 aliphatic carbocycles. The number of hydrogen-bond acceptors (Lipinski definition) is 4. The van der Waals surface area contributed by atoms with Crippen LogP contribution in [0.2, 0.25) is 0 Å². The first-order chi connectivity index (χ1) is 7.61. The fourth-order valence-corrected chi connectivity index (χ4v) is 1.55. The van der Waals surface area contributed by atoms with E-state index in [1.54, 1.807) is 0 Å². The Balaban J connectivity index is 2.45. The normalized spacial score (nSPS) is 18.3. The number of Topliss-reactive ketones (excluding diaryl/α,β-unsaturated/α-hetero) is 1. The zero-order valence-corrected chi connectivity index (χ0v) is 8.70. The van der Waals surface area contributed by atoms with E-state index < -0.39 is 11.9 Å². The van der Waals surface area contributed by atoms with Gasteiger partial charge in [-0.25, -0.2) is 4.39 Å². The number of ether oxygens (including phenoxy) is 2. The lowest BCUT2D eigenvalue weighted by molar-refractivity contribution is 0.0444. The van der Waals surface area contributed by atoms with Crippen molar-refractivity contribution >= 4 is 5.78 Å². The number of rotatable bonds is 2. The van der Waals surface area contributed by atoms with Gasteiger partial charge in [0, 0.05) is 6.07 Å². The van der Waals surface area contributed by atoms with Gasteiger partial charge in [-0.15, -0.1) is 0 Å². The first kappa shape index (κ1) is 10.9. The molecule has 1 atom stereocenters. The molecule has 5 heteroatoms. The second kappa shape index (κ2) is 4.09. The topological polar surface area (TPSA) is 55.8 Å². The van der Waals surface area contributed by atoms with Gasteiger partial charge in [-0.1, -0.05) is 0 Å². The average Bonchev–Trinajstić information content (AvgIpc) is 2.26. The SMILES string of the molecule is CC(=O)c1cc(F)cc2c1OC[C@H](CO)O2. The first-order valence-electron chi connectivity index (χ1n) is 4.86. The highest BCUT2D eigenvalue weighted by atomic mass is 19.1. The molecule has 0 amide bonds. The van der Waals surface area contributed by atoms with E-state index >= 15 is 0 Å². The number of aliphatic hydroxyl groups is 1. The predicted molar refractivity (Wildman–Crippen MR) is 53.4 cm³/mol. The predicted octanol–water partition coefficient (Wildman–Crippen LogP) is 1.16. The highest BCUT2D eigenvalue weighted by molar-refractivity contribution is 5.97. The highest BCUT2D eigenvalue weighted by Crippen LogP contribution is 2.36. The summed E-state index contributed by atoms with van der Waals surface area (Å²) in [4.78, 5) is 11.3. The Morgan fingerprint density at radius 3 is 3.00 bits per heavy atom. The van der Waals surface area contributed by atoms with Gasteiger partial charge in [-0.3, -0.25) is 4.79 Å². The number of carbonyl (C=O) groups excluding carboxylic acids is 1. The zero-order chi connectivity index (χ0) is 11.7. The molecule has 4 nitrogen and oxygen atoms in total. The van der Waals surface area contributed by atoms with Crippen LogP contribution in [0, 0.1) is 5.82 Å². The van der Waals surface area contributed by atoms with Crippen LogP contribution in [0.3, 0.4) is 0 Å². The Hall–Kier alpha value is -1.62. The Bertz CT molecular complexity index is 430. The molecule has 0 saturated carbocycles. The van der Waals surface area contributed by atoms with Crippen LogP contribution in [0.25, 0.3) is 0 Å². The maximum atomic E-state index is 13.2. The van der Waals surface area contributed by atoms with E-state index in [9.17, 15) is 9.18 Å². The lowest BCUT2D eigenvalue weighted by atomic mass is 10.1. The molecule has 1 aliphatic rings. The van der Waals surface area contributed by atoms with Crippen molar-refractivity contribution in [3.05, 3.63) is 23.5 Å². The molecule has 1 heterocycles. The van der Waals surface area contributed by atoms with Crippen LogP contribution in [0.1, 0.15) is 17.3 Å². The van der Waals surface area contributed by atoms with E-state index in [0.29, 0.717) is 0 Å². The maximum absolute atomic E-state index is 13.2. The number of benzene rings is 1. The van der Waals surface area contributed by atoms with Gasteiger partial charge in [0.2, 0.25) is 0 Å². The summed E-state index contributed by atoms with van der Waals surface area (Å²) in [6.45, 7) is 1.26. The number of aliphatic hydroxyl groups excluding tert-OH is 1. The molecule has 0 aromatic heterocycles. The van der Waals surface area contributed by atoms with Gasteiger partial charge >= 0.3 is 0 Å². The van der Waals surface area contributed by atoms with E-state index in [-0.39, 0.29) is 36.1 Å². The number of halogens is 1. The van der Waals surface area contributed by atoms with Crippen molar-refractivity contribution in [2.24, 2.45) is 0 Å². The molecule has 0 unspecified atom stereocenters. The highest BCUT2D eigenvalue weighted by Gasteiger charge is 2.25. The second-order valence-electron chi connectivity index (χ2n) is 3.57. The van der Waals surface area contributed by atoms with E-state index in [1.165, 1.54) is 6.92 Å². The largest absolute Gasteiger partial charge is 0.485 e. The summed E-state index contributed by atoms with van der Waals surface area (Å²) >= 11 is 0. The van der Waals surface area contributed by atoms with E-state index in [4.69, 9.17) is 14.6 Å². The monoisotopic (exact) mass is 226 g/mol. The van der Waals surface area contributed by atoms with Crippen LogP contribution >= 0.6 is 0 Å². The Morgan fingerprint density at radius 1 is 1.62 bits per heavy atom. The van der Waals surface area contributed by atoms with E-state index in [2.05, 4.69) is 0 Å². The minimum atomic E-state index is -0.564. The van der Waals surface area contributed by atoms with E-state index in [1.807, 2.05) is 0 Å². The van der Waals surface area contributed by atoms with Crippen LogP contribution < -0.4 is 9.47 Å². The molecule has 0 radical (unpaired) electrons. The molecular weight excluding hydrogens is 215 g/mol. The van der Waals surface area contributed by atoms with Crippen molar-refractivity contribution in [2.75, 3.05) is 13.2 Å². The number of fused-ring (bicyclic) bond motifs is 1. The third-order valence-corrected chi connectivity index (χ3v) is 2.31. The van der Waals surface area contributed by atoms with Crippen molar-refractivity contribution in [1.82, 2.24) is 0 Å². The average molecular weight is 226 g/mol. The second-order valence-corrected chi connectivity index (χ2v) is 3.57. The van der Waals surface area contributed by atoms with Crippen LogP contribution in [0.4, 0.5) is 4.39 Å². The Kier molecular flexibility index (Phi) is 2.78. The Morgan fingerprint density at radius 2 is 2.38 bits per heavy atom. The van der Waals surface area contributed by atoms with Crippen molar-refractivity contribution in [3.8, 4) is 11.5 Å². The molecule has 0 fully saturated rings. The fraction of sp³-hybridized carbons (Fsp3) is 0.364. The molecule has 0 bridgehead atoms. The molecule has 16 heavy (non-hydrogen) atoms. The van der Waals surface area contributed by atoms with Gasteiger partial charge in [-0.05, 0) is 13.0 Å². The molecule has 1 aliphatic heterocycles. The summed E-state index contributed by atoms with van der Waals surface area (Å²) in [6, 6.07) is 2.26. The number of hydrogen-bond donors (Lipinski definition) is 1. The quantitative estimate of drug-likeness (QED) is 0.769. The van der Waals surface area contributed by atoms with Crippen LogP contribution in [0.15, 0.2) is 12.1 Å². The summed E-state index contributed by atoms with van der Waals surface area (Å²) in [6.07, 6.45) is -0.519. The summed E-state index contributed by atoms with van der Waals surface area (Å²) in [5.41, 5.74) is 0.159. The lowest BCUT2D eigenvalue weighted by Crippen LogP contribution is -2.32. The zero-order valence-electron chi connectivity index (χ0n) is 8.70. The standard InChI is InChI=1S/C11H11FO4/c1-6(14)9-2-7(12)3-10-11(9)15-5-8(4-13)16-10/h2-3,8,13H,4-5H2,1H3/t8-/m0/s1. The maximum Gasteiger partial charge on any atom is 0.172 e. The third kappa shape index (κ3) is 1.86. The molecule has 2 rings (SSSR count). The summed E-state index contributed by atoms with van der Waals surface area (Å²) in [5.74, 6) is -0.443. The van der Waals surface area contributed by atoms with Gasteiger partial charge < -0.3 is 14.6 Å². The van der Waals surface area contributed by atoms with E-state index in [0.717, 1.165) is 12.1 Å². The molecule has 86 valence electrons. The van der Waals surface area contributed by atoms with Crippen LogP contribution in [0.5, 0.6) is 11.5 Å². The summed E-state index contributed by atoms with van der Waals surface area (Å²) in [5, 5.41) is 8.90. The van der Waals surface area contributed by atoms with Gasteiger partial charge in [0.15, 0.2) is 23.4 Å². The van der Waals surface area contributed by atoms with Crippen LogP contribution in [-0.2, 0) is 0 Å². The van der Waals surface area contributed by atoms with Gasteiger partial charge in [0.05, 0.1) is 12.2 Å². The molecule has 1 aromatic rings. The van der Waals surface area contributed by atoms with Crippen LogP contribution in [-0.4, -0.2) is 30.2 Å². The minimum Gasteiger partial charge on any atom is -0.485 e. The van der Waals surface area contributed by atoms with Gasteiger partial charge in [-0.2, -0.15) is 0 Å². The number of ketones is 1. The molecule has 1 aromatic carbocycles. The molecule has 1 N–H and O–H groups in total. The summed E-state index contributed by atoms with van der Waals surface area (Å²) in [7, 11) is 0. The molecular formula is C11H11FO4. The molecule has 0 spiro atoms. The Labute approximate surface area is 91.6 Å². The smallest absolute Gasteiger partial charge is 0.172 e. The third-order valence-electron chi connectivity index (χ3n) is 2.31. The summed E-state index contributed by atoms with van der Waals surface area (Å²) < 4.78 is 23.8. The van der Waals surface area contributed by atoms with Gasteiger partial charge in [0.25, 0.3) is 0 Å². The van der Waals surface area contributed by atoms with Crippen molar-refractivity contribution in [3.63, 3.8) is 0 Å². The minimum absolute atomic E-state index is 0.148. The molecule has 0 saturated heterocycles. The number of carbonyl (C=O) groups is 1. The fourth-order valence-electron chi connectivity index (χ4n) is 1.55.